The number of nitrogens with two attached hydrogens (primary N) is 1. The van der Waals surface area contributed by atoms with Crippen molar-refractivity contribution < 1.29 is 22.7 Å². The summed E-state index contributed by atoms with van der Waals surface area (Å²) in [7, 11) is 1.56. The number of carbonyl (C=O) groups is 1. The molecule has 0 aliphatic heterocycles. The Morgan fingerprint density at radius 3 is 2.62 bits per heavy atom. The second-order valence-corrected chi connectivity index (χ2v) is 7.89. The first-order chi connectivity index (χ1) is 17.7. The van der Waals surface area contributed by atoms with Crippen LogP contribution < -0.4 is 15.8 Å². The fraction of sp³-hybridized carbons (Fsp3) is 0.115. The Balaban J connectivity index is 1.66. The van der Waals surface area contributed by atoms with Crippen molar-refractivity contribution in [3.63, 3.8) is 0 Å². The predicted molar refractivity (Wildman–Crippen MR) is 134 cm³/mol. The van der Waals surface area contributed by atoms with Gasteiger partial charge in [0, 0.05) is 42.5 Å². The molecule has 0 spiro atoms. The minimum absolute atomic E-state index is 0.0108. The molecule has 37 heavy (non-hydrogen) atoms. The maximum absolute atomic E-state index is 13.0. The van der Waals surface area contributed by atoms with E-state index in [-0.39, 0.29) is 34.5 Å². The average Bonchev–Trinajstić information content (AvgIpc) is 2.87. The van der Waals surface area contributed by atoms with Crippen molar-refractivity contribution in [1.29, 1.82) is 0 Å². The van der Waals surface area contributed by atoms with Crippen LogP contribution in [0.5, 0.6) is 11.6 Å². The molecule has 2 aromatic heterocycles. The Kier molecular flexibility index (Phi) is 7.14. The van der Waals surface area contributed by atoms with E-state index in [0.717, 1.165) is 12.1 Å². The molecule has 0 saturated heterocycles. The average molecular weight is 506 g/mol. The number of halogens is 3. The monoisotopic (exact) mass is 506 g/mol. The molecule has 0 unspecified atom stereocenters. The Morgan fingerprint density at radius 2 is 1.92 bits per heavy atom. The van der Waals surface area contributed by atoms with Gasteiger partial charge in [0.25, 0.3) is 5.91 Å². The van der Waals surface area contributed by atoms with Crippen LogP contribution in [-0.2, 0) is 6.18 Å². The van der Waals surface area contributed by atoms with E-state index < -0.39 is 17.6 Å². The van der Waals surface area contributed by atoms with Crippen LogP contribution >= 0.6 is 0 Å². The van der Waals surface area contributed by atoms with E-state index in [1.807, 2.05) is 0 Å². The number of amides is 1. The van der Waals surface area contributed by atoms with Crippen LogP contribution in [0.3, 0.4) is 0 Å². The van der Waals surface area contributed by atoms with Crippen LogP contribution in [-0.4, -0.2) is 34.1 Å². The van der Waals surface area contributed by atoms with Crippen LogP contribution in [0.25, 0.3) is 11.4 Å². The second kappa shape index (κ2) is 10.4. The summed E-state index contributed by atoms with van der Waals surface area (Å²) < 4.78 is 45.1. The van der Waals surface area contributed by atoms with Gasteiger partial charge in [0.1, 0.15) is 11.6 Å². The lowest BCUT2D eigenvalue weighted by Gasteiger charge is -2.14. The van der Waals surface area contributed by atoms with Crippen LogP contribution in [0.2, 0.25) is 0 Å². The van der Waals surface area contributed by atoms with Gasteiger partial charge in [-0.15, -0.1) is 0 Å². The molecule has 8 nitrogen and oxygen atoms in total. The van der Waals surface area contributed by atoms with E-state index >= 15 is 0 Å². The highest BCUT2D eigenvalue weighted by Crippen LogP contribution is 2.32. The minimum atomic E-state index is -4.53. The van der Waals surface area contributed by atoms with Gasteiger partial charge in [-0.05, 0) is 55.0 Å². The van der Waals surface area contributed by atoms with E-state index in [2.05, 4.69) is 25.3 Å². The molecule has 0 saturated carbocycles. The summed E-state index contributed by atoms with van der Waals surface area (Å²) in [4.78, 5) is 29.8. The van der Waals surface area contributed by atoms with Gasteiger partial charge in [0.15, 0.2) is 5.82 Å². The molecule has 0 aliphatic rings. The molecule has 0 aliphatic carbocycles. The lowest BCUT2D eigenvalue weighted by molar-refractivity contribution is -0.137. The predicted octanol–water partition coefficient (Wildman–Crippen LogP) is 5.54. The number of hydrogen-bond acceptors (Lipinski definition) is 7. The van der Waals surface area contributed by atoms with Crippen molar-refractivity contribution in [1.82, 2.24) is 15.0 Å². The highest BCUT2D eigenvalue weighted by molar-refractivity contribution is 6.05. The van der Waals surface area contributed by atoms with Crippen LogP contribution in [0.4, 0.5) is 24.7 Å². The maximum Gasteiger partial charge on any atom is 0.416 e. The number of pyridine rings is 1. The summed E-state index contributed by atoms with van der Waals surface area (Å²) in [5.74, 6) is 0.161. The summed E-state index contributed by atoms with van der Waals surface area (Å²) in [6, 6.07) is 12.6. The third kappa shape index (κ3) is 5.89. The number of benzene rings is 2. The largest absolute Gasteiger partial charge is 0.438 e. The van der Waals surface area contributed by atoms with Gasteiger partial charge in [0.2, 0.25) is 5.88 Å². The van der Waals surface area contributed by atoms with Crippen molar-refractivity contribution in [2.75, 3.05) is 18.1 Å². The molecule has 11 heteroatoms. The molecule has 2 heterocycles. The Bertz CT molecular complexity index is 1470. The number of anilines is 2. The number of rotatable bonds is 6. The number of hydrogen-bond donors (Lipinski definition) is 2. The number of nitrogen functional groups attached to an aromatic ring is 1. The summed E-state index contributed by atoms with van der Waals surface area (Å²) in [6.45, 7) is 1.70. The minimum Gasteiger partial charge on any atom is -0.438 e. The topological polar surface area (TPSA) is 115 Å². The first-order valence-corrected chi connectivity index (χ1v) is 10.9. The highest BCUT2D eigenvalue weighted by atomic mass is 19.4. The van der Waals surface area contributed by atoms with E-state index in [1.54, 1.807) is 50.6 Å². The highest BCUT2D eigenvalue weighted by Gasteiger charge is 2.30. The molecule has 0 fully saturated rings. The molecule has 4 rings (SSSR count). The van der Waals surface area contributed by atoms with E-state index in [1.165, 1.54) is 24.4 Å². The molecule has 0 bridgehead atoms. The van der Waals surface area contributed by atoms with Crippen LogP contribution in [0.15, 0.2) is 72.0 Å². The third-order valence-electron chi connectivity index (χ3n) is 5.23. The van der Waals surface area contributed by atoms with E-state index in [4.69, 9.17) is 10.5 Å². The lowest BCUT2D eigenvalue weighted by Crippen LogP contribution is -2.14. The first-order valence-electron chi connectivity index (χ1n) is 10.9. The first kappa shape index (κ1) is 25.3. The van der Waals surface area contributed by atoms with E-state index in [9.17, 15) is 18.0 Å². The number of carbonyl (C=O) groups excluding carboxylic acids is 1. The Hall–Kier alpha value is -4.80. The number of aryl methyl sites for hydroxylation is 1. The van der Waals surface area contributed by atoms with Crippen LogP contribution in [0, 0.1) is 6.92 Å². The van der Waals surface area contributed by atoms with Gasteiger partial charge in [-0.25, -0.2) is 4.98 Å². The van der Waals surface area contributed by atoms with Crippen molar-refractivity contribution in [3.8, 4) is 23.0 Å². The summed E-state index contributed by atoms with van der Waals surface area (Å²) in [5.41, 5.74) is 7.03. The SMILES string of the molecule is CN=Cc1c(N)nc(-c2cccnc2)nc1Oc1ccc(C)c(C(=O)Nc2cccc(C(F)(F)F)c2)c1. The number of alkyl halides is 3. The molecule has 2 aromatic carbocycles. The molecule has 188 valence electrons. The zero-order chi connectivity index (χ0) is 26.6. The molecule has 4 aromatic rings. The summed E-state index contributed by atoms with van der Waals surface area (Å²) in [5, 5.41) is 2.51. The summed E-state index contributed by atoms with van der Waals surface area (Å²) in [6.07, 6.45) is 0.111. The van der Waals surface area contributed by atoms with Crippen LogP contribution in [0.1, 0.15) is 27.0 Å². The fourth-order valence-corrected chi connectivity index (χ4v) is 3.41. The number of nitrogens with zero attached hydrogens (tertiary/aromatic N) is 4. The molecule has 3 N–H and O–H groups in total. The number of nitrogens with one attached hydrogen (secondary N) is 1. The zero-order valence-electron chi connectivity index (χ0n) is 19.7. The van der Waals surface area contributed by atoms with Crippen molar-refractivity contribution in [2.24, 2.45) is 4.99 Å². The zero-order valence-corrected chi connectivity index (χ0v) is 19.7. The normalized spacial score (nSPS) is 11.5. The van der Waals surface area contributed by atoms with Crippen molar-refractivity contribution in [2.45, 2.75) is 13.1 Å². The maximum atomic E-state index is 13.0. The fourth-order valence-electron chi connectivity index (χ4n) is 3.41. The second-order valence-electron chi connectivity index (χ2n) is 7.89. The molecule has 0 atom stereocenters. The van der Waals surface area contributed by atoms with Gasteiger partial charge in [-0.1, -0.05) is 12.1 Å². The number of aliphatic imine (C=N–C) groups is 1. The lowest BCUT2D eigenvalue weighted by atomic mass is 10.1. The van der Waals surface area contributed by atoms with Gasteiger partial charge in [-0.3, -0.25) is 14.8 Å². The Morgan fingerprint density at radius 1 is 1.11 bits per heavy atom. The quantitative estimate of drug-likeness (QED) is 0.332. The van der Waals surface area contributed by atoms with Crippen molar-refractivity contribution >= 4 is 23.6 Å². The van der Waals surface area contributed by atoms with Gasteiger partial charge in [-0.2, -0.15) is 18.2 Å². The Labute approximate surface area is 210 Å². The molecular formula is C26H21F3N6O2. The molecule has 1 amide bonds. The molecular weight excluding hydrogens is 485 g/mol. The number of aromatic nitrogens is 3. The molecule has 0 radical (unpaired) electrons. The summed E-state index contributed by atoms with van der Waals surface area (Å²) >= 11 is 0. The van der Waals surface area contributed by atoms with Crippen molar-refractivity contribution in [3.05, 3.63) is 89.2 Å². The van der Waals surface area contributed by atoms with Gasteiger partial charge in [0.05, 0.1) is 11.1 Å². The smallest absolute Gasteiger partial charge is 0.416 e. The number of ether oxygens (including phenoxy) is 1. The standard InChI is InChI=1S/C26H21F3N6O2/c1-15-8-9-19(12-20(15)24(36)33-18-7-3-6-17(11-18)26(27,28)29)37-25-21(14-31-2)22(30)34-23(35-25)16-5-4-10-32-13-16/h3-14H,1-2H3,(H,33,36)(H2,30,34,35). The van der Waals surface area contributed by atoms with Gasteiger partial charge >= 0.3 is 6.18 Å². The van der Waals surface area contributed by atoms with Gasteiger partial charge < -0.3 is 15.8 Å². The van der Waals surface area contributed by atoms with E-state index in [0.29, 0.717) is 16.7 Å². The third-order valence-corrected chi connectivity index (χ3v) is 5.23.